The Hall–Kier alpha value is -1.34. The van der Waals surface area contributed by atoms with E-state index >= 15 is 0 Å². The lowest BCUT2D eigenvalue weighted by Gasteiger charge is -2.32. The standard InChI is InChI=1S/C18H28F3N5O2.HI/c1-22-17(25-15-5-8-26(9-6-15)10-12-27-2)23-7-11-28-16-4-3-14(13-24-16)18(19,20)21;/h3-4,13,15H,5-12H2,1-2H3,(H2,22,23,25);1H. The van der Waals surface area contributed by atoms with Gasteiger partial charge in [-0.1, -0.05) is 0 Å². The molecule has 1 aliphatic heterocycles. The molecule has 7 nitrogen and oxygen atoms in total. The number of halogens is 4. The van der Waals surface area contributed by atoms with Crippen LogP contribution in [0.25, 0.3) is 0 Å². The van der Waals surface area contributed by atoms with Crippen LogP contribution in [0.4, 0.5) is 13.2 Å². The number of hydrogen-bond acceptors (Lipinski definition) is 5. The summed E-state index contributed by atoms with van der Waals surface area (Å²) in [6.07, 6.45) is -1.58. The molecule has 2 rings (SSSR count). The number of methoxy groups -OCH3 is 1. The highest BCUT2D eigenvalue weighted by atomic mass is 127. The number of aliphatic imine (C=N–C) groups is 1. The van der Waals surface area contributed by atoms with Crippen molar-refractivity contribution in [1.82, 2.24) is 20.5 Å². The second-order valence-corrected chi connectivity index (χ2v) is 6.48. The molecule has 0 unspecified atom stereocenters. The zero-order valence-electron chi connectivity index (χ0n) is 16.7. The Morgan fingerprint density at radius 3 is 2.55 bits per heavy atom. The van der Waals surface area contributed by atoms with E-state index in [4.69, 9.17) is 9.47 Å². The molecule has 0 amide bonds. The van der Waals surface area contributed by atoms with Gasteiger partial charge in [0, 0.05) is 52.1 Å². The van der Waals surface area contributed by atoms with Crippen LogP contribution in [-0.2, 0) is 10.9 Å². The van der Waals surface area contributed by atoms with Crippen LogP contribution in [0, 0.1) is 0 Å². The lowest BCUT2D eigenvalue weighted by Crippen LogP contribution is -2.49. The highest BCUT2D eigenvalue weighted by molar-refractivity contribution is 14.0. The van der Waals surface area contributed by atoms with Crippen LogP contribution in [0.1, 0.15) is 18.4 Å². The van der Waals surface area contributed by atoms with Gasteiger partial charge in [-0.15, -0.1) is 24.0 Å². The number of ether oxygens (including phenoxy) is 2. The van der Waals surface area contributed by atoms with Gasteiger partial charge in [-0.25, -0.2) is 4.98 Å². The molecule has 29 heavy (non-hydrogen) atoms. The molecule has 2 N–H and O–H groups in total. The van der Waals surface area contributed by atoms with Gasteiger partial charge in [0.2, 0.25) is 5.88 Å². The number of pyridine rings is 1. The Balaban J connectivity index is 0.00000420. The van der Waals surface area contributed by atoms with Gasteiger partial charge in [-0.2, -0.15) is 13.2 Å². The number of alkyl halides is 3. The number of nitrogens with one attached hydrogen (secondary N) is 2. The highest BCUT2D eigenvalue weighted by Crippen LogP contribution is 2.29. The summed E-state index contributed by atoms with van der Waals surface area (Å²) in [6, 6.07) is 2.52. The Bertz CT molecular complexity index is 609. The molecule has 166 valence electrons. The van der Waals surface area contributed by atoms with Crippen molar-refractivity contribution in [3.8, 4) is 5.88 Å². The van der Waals surface area contributed by atoms with Crippen LogP contribution in [0.3, 0.4) is 0 Å². The van der Waals surface area contributed by atoms with Crippen molar-refractivity contribution in [2.75, 3.05) is 53.6 Å². The molecular formula is C18H29F3IN5O2. The summed E-state index contributed by atoms with van der Waals surface area (Å²) < 4.78 is 48.0. The van der Waals surface area contributed by atoms with E-state index in [0.717, 1.165) is 51.3 Å². The monoisotopic (exact) mass is 531 g/mol. The lowest BCUT2D eigenvalue weighted by atomic mass is 10.1. The Kier molecular flexibility index (Phi) is 11.6. The van der Waals surface area contributed by atoms with Gasteiger partial charge in [0.15, 0.2) is 5.96 Å². The minimum absolute atomic E-state index is 0. The summed E-state index contributed by atoms with van der Waals surface area (Å²) in [5, 5.41) is 6.53. The van der Waals surface area contributed by atoms with Crippen LogP contribution in [-0.4, -0.2) is 75.4 Å². The van der Waals surface area contributed by atoms with E-state index in [1.807, 2.05) is 0 Å². The molecule has 1 saturated heterocycles. The number of guanidine groups is 1. The number of piperidine rings is 1. The second kappa shape index (κ2) is 13.1. The maximum absolute atomic E-state index is 12.5. The third kappa shape index (κ3) is 9.34. The number of rotatable bonds is 8. The fourth-order valence-corrected chi connectivity index (χ4v) is 2.87. The van der Waals surface area contributed by atoms with Crippen LogP contribution >= 0.6 is 24.0 Å². The first-order valence-electron chi connectivity index (χ1n) is 9.27. The zero-order valence-corrected chi connectivity index (χ0v) is 19.0. The van der Waals surface area contributed by atoms with Gasteiger partial charge in [0.25, 0.3) is 0 Å². The smallest absolute Gasteiger partial charge is 0.417 e. The summed E-state index contributed by atoms with van der Waals surface area (Å²) >= 11 is 0. The Labute approximate surface area is 186 Å². The topological polar surface area (TPSA) is 71.0 Å². The van der Waals surface area contributed by atoms with Crippen molar-refractivity contribution in [2.45, 2.75) is 25.1 Å². The summed E-state index contributed by atoms with van der Waals surface area (Å²) in [5.41, 5.74) is -0.796. The minimum atomic E-state index is -4.40. The van der Waals surface area contributed by atoms with Crippen LogP contribution < -0.4 is 15.4 Å². The first-order valence-corrected chi connectivity index (χ1v) is 9.27. The van der Waals surface area contributed by atoms with Gasteiger partial charge in [0.1, 0.15) is 6.61 Å². The van der Waals surface area contributed by atoms with Crippen LogP contribution in [0.5, 0.6) is 5.88 Å². The number of likely N-dealkylation sites (tertiary alicyclic amines) is 1. The minimum Gasteiger partial charge on any atom is -0.476 e. The van der Waals surface area contributed by atoms with Crippen molar-refractivity contribution in [1.29, 1.82) is 0 Å². The first-order chi connectivity index (χ1) is 13.4. The molecule has 0 radical (unpaired) electrons. The third-order valence-electron chi connectivity index (χ3n) is 4.47. The Morgan fingerprint density at radius 1 is 1.28 bits per heavy atom. The first kappa shape index (κ1) is 25.7. The quantitative estimate of drug-likeness (QED) is 0.233. The summed E-state index contributed by atoms with van der Waals surface area (Å²) in [7, 11) is 3.41. The second-order valence-electron chi connectivity index (χ2n) is 6.48. The highest BCUT2D eigenvalue weighted by Gasteiger charge is 2.30. The van der Waals surface area contributed by atoms with E-state index in [0.29, 0.717) is 18.5 Å². The molecule has 0 bridgehead atoms. The Morgan fingerprint density at radius 2 is 2.00 bits per heavy atom. The lowest BCUT2D eigenvalue weighted by molar-refractivity contribution is -0.137. The normalized spacial score (nSPS) is 16.2. The molecule has 0 saturated carbocycles. The zero-order chi connectivity index (χ0) is 20.4. The molecule has 0 aliphatic carbocycles. The van der Waals surface area contributed by atoms with E-state index < -0.39 is 11.7 Å². The molecule has 1 aromatic rings. The van der Waals surface area contributed by atoms with Crippen LogP contribution in [0.15, 0.2) is 23.3 Å². The molecule has 11 heteroatoms. The number of nitrogens with zero attached hydrogens (tertiary/aromatic N) is 3. The predicted molar refractivity (Wildman–Crippen MR) is 116 cm³/mol. The van der Waals surface area contributed by atoms with Gasteiger partial charge < -0.3 is 25.0 Å². The molecule has 0 aromatic carbocycles. The van der Waals surface area contributed by atoms with E-state index in [-0.39, 0.29) is 36.5 Å². The van der Waals surface area contributed by atoms with E-state index in [9.17, 15) is 13.2 Å². The van der Waals surface area contributed by atoms with Gasteiger partial charge in [-0.05, 0) is 18.9 Å². The van der Waals surface area contributed by atoms with E-state index in [2.05, 4.69) is 25.5 Å². The largest absolute Gasteiger partial charge is 0.476 e. The molecule has 0 atom stereocenters. The average molecular weight is 531 g/mol. The van der Waals surface area contributed by atoms with Crippen molar-refractivity contribution in [3.05, 3.63) is 23.9 Å². The molecule has 1 aromatic heterocycles. The molecule has 1 fully saturated rings. The number of hydrogen-bond donors (Lipinski definition) is 2. The van der Waals surface area contributed by atoms with Crippen molar-refractivity contribution in [2.24, 2.45) is 4.99 Å². The fourth-order valence-electron chi connectivity index (χ4n) is 2.87. The van der Waals surface area contributed by atoms with Gasteiger partial charge >= 0.3 is 6.18 Å². The fraction of sp³-hybridized carbons (Fsp3) is 0.667. The molecule has 2 heterocycles. The summed E-state index contributed by atoms with van der Waals surface area (Å²) in [5.74, 6) is 0.834. The maximum atomic E-state index is 12.5. The number of aromatic nitrogens is 1. The van der Waals surface area contributed by atoms with E-state index in [1.165, 1.54) is 6.07 Å². The molecule has 0 spiro atoms. The van der Waals surface area contributed by atoms with Crippen LogP contribution in [0.2, 0.25) is 0 Å². The maximum Gasteiger partial charge on any atom is 0.417 e. The summed E-state index contributed by atoms with van der Waals surface area (Å²) in [6.45, 7) is 4.44. The predicted octanol–water partition coefficient (Wildman–Crippen LogP) is 2.37. The summed E-state index contributed by atoms with van der Waals surface area (Å²) in [4.78, 5) is 10.3. The van der Waals surface area contributed by atoms with Crippen molar-refractivity contribution >= 4 is 29.9 Å². The third-order valence-corrected chi connectivity index (χ3v) is 4.47. The SMILES string of the molecule is CN=C(NCCOc1ccc(C(F)(F)F)cn1)NC1CCN(CCOC)CC1.I. The van der Waals surface area contributed by atoms with E-state index in [1.54, 1.807) is 14.2 Å². The van der Waals surface area contributed by atoms with Gasteiger partial charge in [-0.3, -0.25) is 4.99 Å². The van der Waals surface area contributed by atoms with Crippen molar-refractivity contribution < 1.29 is 22.6 Å². The van der Waals surface area contributed by atoms with Gasteiger partial charge in [0.05, 0.1) is 18.7 Å². The molecular weight excluding hydrogens is 502 g/mol. The van der Waals surface area contributed by atoms with Crippen molar-refractivity contribution in [3.63, 3.8) is 0 Å². The molecule has 1 aliphatic rings. The average Bonchev–Trinajstić information content (AvgIpc) is 2.69.